The van der Waals surface area contributed by atoms with Gasteiger partial charge in [0.25, 0.3) is 0 Å². The van der Waals surface area contributed by atoms with Gasteiger partial charge in [0.1, 0.15) is 0 Å². The Bertz CT molecular complexity index is 708. The van der Waals surface area contributed by atoms with Crippen LogP contribution in [0.4, 0.5) is 5.69 Å². The maximum absolute atomic E-state index is 12.3. The lowest BCUT2D eigenvalue weighted by Crippen LogP contribution is -2.32. The van der Waals surface area contributed by atoms with E-state index in [1.54, 1.807) is 0 Å². The molecule has 1 unspecified atom stereocenters. The minimum atomic E-state index is 0.0901. The molecule has 5 heteroatoms. The van der Waals surface area contributed by atoms with E-state index in [9.17, 15) is 4.79 Å². The molecule has 1 aromatic heterocycles. The quantitative estimate of drug-likeness (QED) is 0.916. The highest BCUT2D eigenvalue weighted by Gasteiger charge is 2.23. The molecule has 0 spiro atoms. The number of aryl methyl sites for hydroxylation is 2. The van der Waals surface area contributed by atoms with Crippen molar-refractivity contribution in [3.8, 4) is 0 Å². The van der Waals surface area contributed by atoms with Gasteiger partial charge in [-0.05, 0) is 38.3 Å². The lowest BCUT2D eigenvalue weighted by molar-refractivity contribution is -0.120. The van der Waals surface area contributed by atoms with Gasteiger partial charge in [-0.15, -0.1) is 0 Å². The molecule has 0 saturated carbocycles. The second-order valence-corrected chi connectivity index (χ2v) is 6.69. The van der Waals surface area contributed by atoms with Crippen LogP contribution >= 0.6 is 0 Å². The van der Waals surface area contributed by atoms with E-state index in [4.69, 9.17) is 0 Å². The zero-order valence-electron chi connectivity index (χ0n) is 14.7. The van der Waals surface area contributed by atoms with Crippen molar-refractivity contribution in [1.82, 2.24) is 15.1 Å². The number of carbonyl (C=O) groups is 1. The van der Waals surface area contributed by atoms with Crippen LogP contribution in [0.2, 0.25) is 0 Å². The van der Waals surface area contributed by atoms with Crippen LogP contribution < -0.4 is 10.2 Å². The van der Waals surface area contributed by atoms with Crippen molar-refractivity contribution < 1.29 is 4.79 Å². The molecule has 24 heavy (non-hydrogen) atoms. The highest BCUT2D eigenvalue weighted by Crippen LogP contribution is 2.23. The fourth-order valence-corrected chi connectivity index (χ4v) is 3.43. The molecule has 3 rings (SSSR count). The second kappa shape index (κ2) is 7.07. The van der Waals surface area contributed by atoms with E-state index in [0.717, 1.165) is 43.0 Å². The molecule has 1 fully saturated rings. The van der Waals surface area contributed by atoms with E-state index in [0.29, 0.717) is 12.3 Å². The van der Waals surface area contributed by atoms with Crippen LogP contribution in [-0.2, 0) is 18.3 Å². The average Bonchev–Trinajstić information content (AvgIpc) is 3.15. The molecule has 1 atom stereocenters. The number of hydrogen-bond donors (Lipinski definition) is 1. The first-order valence-electron chi connectivity index (χ1n) is 8.60. The molecule has 2 aromatic rings. The first-order valence-corrected chi connectivity index (χ1v) is 8.60. The van der Waals surface area contributed by atoms with Gasteiger partial charge in [-0.2, -0.15) is 5.10 Å². The van der Waals surface area contributed by atoms with E-state index < -0.39 is 0 Å². The third-order valence-electron chi connectivity index (χ3n) is 4.99. The van der Waals surface area contributed by atoms with Crippen molar-refractivity contribution in [2.75, 3.05) is 24.5 Å². The third kappa shape index (κ3) is 3.61. The fraction of sp³-hybridized carbons (Fsp3) is 0.474. The van der Waals surface area contributed by atoms with E-state index in [2.05, 4.69) is 39.6 Å². The van der Waals surface area contributed by atoms with Crippen molar-refractivity contribution in [2.45, 2.75) is 26.7 Å². The van der Waals surface area contributed by atoms with Gasteiger partial charge in [0, 0.05) is 43.6 Å². The third-order valence-corrected chi connectivity index (χ3v) is 4.99. The number of benzene rings is 1. The number of rotatable bonds is 5. The standard InChI is InChI=1S/C19H26N4O/c1-14-18(15(2)22(3)21-14)11-19(24)20-12-16-9-10-23(13-16)17-7-5-4-6-8-17/h4-8,16H,9-13H2,1-3H3,(H,20,24). The Balaban J connectivity index is 1.49. The van der Waals surface area contributed by atoms with Crippen LogP contribution in [0.3, 0.4) is 0 Å². The van der Waals surface area contributed by atoms with Crippen LogP contribution in [0, 0.1) is 19.8 Å². The van der Waals surface area contributed by atoms with Crippen molar-refractivity contribution in [1.29, 1.82) is 0 Å². The summed E-state index contributed by atoms with van der Waals surface area (Å²) in [4.78, 5) is 14.7. The number of aromatic nitrogens is 2. The van der Waals surface area contributed by atoms with Crippen molar-refractivity contribution in [3.63, 3.8) is 0 Å². The zero-order valence-corrected chi connectivity index (χ0v) is 14.7. The Kier molecular flexibility index (Phi) is 4.88. The van der Waals surface area contributed by atoms with Gasteiger partial charge in [-0.1, -0.05) is 18.2 Å². The largest absolute Gasteiger partial charge is 0.371 e. The smallest absolute Gasteiger partial charge is 0.224 e. The van der Waals surface area contributed by atoms with E-state index in [1.807, 2.05) is 31.6 Å². The Morgan fingerprint density at radius 3 is 2.71 bits per heavy atom. The number of hydrogen-bond acceptors (Lipinski definition) is 3. The molecule has 0 aliphatic carbocycles. The molecule has 1 amide bonds. The van der Waals surface area contributed by atoms with Gasteiger partial charge in [0.2, 0.25) is 5.91 Å². The summed E-state index contributed by atoms with van der Waals surface area (Å²) in [7, 11) is 1.92. The molecule has 0 bridgehead atoms. The normalized spacial score (nSPS) is 17.3. The molecule has 1 aromatic carbocycles. The Hall–Kier alpha value is -2.30. The van der Waals surface area contributed by atoms with E-state index in [-0.39, 0.29) is 5.91 Å². The summed E-state index contributed by atoms with van der Waals surface area (Å²) in [5.41, 5.74) is 4.33. The van der Waals surface area contributed by atoms with Crippen LogP contribution in [0.5, 0.6) is 0 Å². The summed E-state index contributed by atoms with van der Waals surface area (Å²) in [6, 6.07) is 10.5. The molecule has 0 radical (unpaired) electrons. The summed E-state index contributed by atoms with van der Waals surface area (Å²) >= 11 is 0. The Morgan fingerprint density at radius 1 is 1.29 bits per heavy atom. The Morgan fingerprint density at radius 2 is 2.04 bits per heavy atom. The molecule has 1 N–H and O–H groups in total. The monoisotopic (exact) mass is 326 g/mol. The van der Waals surface area contributed by atoms with Crippen LogP contribution in [0.15, 0.2) is 30.3 Å². The number of nitrogens with zero attached hydrogens (tertiary/aromatic N) is 3. The molecule has 1 saturated heterocycles. The van der Waals surface area contributed by atoms with Crippen LogP contribution in [-0.4, -0.2) is 35.3 Å². The zero-order chi connectivity index (χ0) is 17.1. The maximum atomic E-state index is 12.3. The van der Waals surface area contributed by atoms with E-state index in [1.165, 1.54) is 5.69 Å². The molecular formula is C19H26N4O. The van der Waals surface area contributed by atoms with Crippen molar-refractivity contribution in [3.05, 3.63) is 47.3 Å². The van der Waals surface area contributed by atoms with Gasteiger partial charge in [-0.3, -0.25) is 9.48 Å². The summed E-state index contributed by atoms with van der Waals surface area (Å²) in [5.74, 6) is 0.609. The predicted molar refractivity (Wildman–Crippen MR) is 96.2 cm³/mol. The summed E-state index contributed by atoms with van der Waals surface area (Å²) < 4.78 is 1.84. The highest BCUT2D eigenvalue weighted by atomic mass is 16.1. The summed E-state index contributed by atoms with van der Waals surface area (Å²) in [5, 5.41) is 7.48. The van der Waals surface area contributed by atoms with Gasteiger partial charge >= 0.3 is 0 Å². The SMILES string of the molecule is Cc1nn(C)c(C)c1CC(=O)NCC1CCN(c2ccccc2)C1. The Labute approximate surface area is 143 Å². The maximum Gasteiger partial charge on any atom is 0.224 e. The van der Waals surface area contributed by atoms with Crippen molar-refractivity contribution in [2.24, 2.45) is 13.0 Å². The van der Waals surface area contributed by atoms with Gasteiger partial charge in [0.05, 0.1) is 12.1 Å². The summed E-state index contributed by atoms with van der Waals surface area (Å²) in [6.07, 6.45) is 1.54. The topological polar surface area (TPSA) is 50.2 Å². The van der Waals surface area contributed by atoms with Crippen molar-refractivity contribution >= 4 is 11.6 Å². The number of nitrogens with one attached hydrogen (secondary N) is 1. The minimum Gasteiger partial charge on any atom is -0.371 e. The molecule has 5 nitrogen and oxygen atoms in total. The van der Waals surface area contributed by atoms with Crippen LogP contribution in [0.1, 0.15) is 23.4 Å². The van der Waals surface area contributed by atoms with Gasteiger partial charge in [0.15, 0.2) is 0 Å². The lowest BCUT2D eigenvalue weighted by Gasteiger charge is -2.18. The van der Waals surface area contributed by atoms with Gasteiger partial charge < -0.3 is 10.2 Å². The summed E-state index contributed by atoms with van der Waals surface area (Å²) in [6.45, 7) is 6.79. The lowest BCUT2D eigenvalue weighted by atomic mass is 10.1. The average molecular weight is 326 g/mol. The number of amides is 1. The predicted octanol–water partition coefficient (Wildman–Crippen LogP) is 2.22. The second-order valence-electron chi connectivity index (χ2n) is 6.69. The first-order chi connectivity index (χ1) is 11.5. The van der Waals surface area contributed by atoms with E-state index >= 15 is 0 Å². The molecule has 2 heterocycles. The molecule has 1 aliphatic rings. The minimum absolute atomic E-state index is 0.0901. The van der Waals surface area contributed by atoms with Crippen LogP contribution in [0.25, 0.3) is 0 Å². The highest BCUT2D eigenvalue weighted by molar-refractivity contribution is 5.79. The fourth-order valence-electron chi connectivity index (χ4n) is 3.43. The first kappa shape index (κ1) is 16.6. The molecule has 1 aliphatic heterocycles. The molecule has 128 valence electrons. The molecular weight excluding hydrogens is 300 g/mol. The number of para-hydroxylation sites is 1. The number of anilines is 1. The van der Waals surface area contributed by atoms with Gasteiger partial charge in [-0.25, -0.2) is 0 Å². The number of carbonyl (C=O) groups excluding carboxylic acids is 1.